The smallest absolute Gasteiger partial charge is 0.243 e. The summed E-state index contributed by atoms with van der Waals surface area (Å²) in [5.74, 6) is 3.97. The van der Waals surface area contributed by atoms with Crippen LogP contribution in [0.2, 0.25) is 0 Å². The van der Waals surface area contributed by atoms with Gasteiger partial charge in [-0.1, -0.05) is 11.8 Å². The van der Waals surface area contributed by atoms with Crippen molar-refractivity contribution in [1.82, 2.24) is 9.71 Å². The number of hydrogen-bond donors (Lipinski definition) is 2. The molecule has 21 heavy (non-hydrogen) atoms. The third-order valence-electron chi connectivity index (χ3n) is 2.46. The minimum Gasteiger partial charge on any atom is -0.384 e. The van der Waals surface area contributed by atoms with Crippen molar-refractivity contribution in [2.24, 2.45) is 0 Å². The molecule has 2 aromatic rings. The number of aromatic nitrogens is 1. The number of rotatable bonds is 4. The quantitative estimate of drug-likeness (QED) is 0.825. The first-order chi connectivity index (χ1) is 10.0. The van der Waals surface area contributed by atoms with Crippen molar-refractivity contribution in [3.05, 3.63) is 46.2 Å². The van der Waals surface area contributed by atoms with Crippen LogP contribution in [0.15, 0.2) is 34.0 Å². The summed E-state index contributed by atoms with van der Waals surface area (Å²) in [4.78, 5) is 3.49. The number of aliphatic hydroxyl groups is 1. The van der Waals surface area contributed by atoms with Crippen LogP contribution in [-0.2, 0) is 16.6 Å². The molecule has 0 amide bonds. The van der Waals surface area contributed by atoms with Gasteiger partial charge in [-0.3, -0.25) is 0 Å². The molecule has 0 saturated carbocycles. The zero-order chi connectivity index (χ0) is 15.3. The second-order valence-corrected chi connectivity index (χ2v) is 6.36. The second kappa shape index (κ2) is 6.78. The minimum atomic E-state index is -3.96. The fourth-order valence-electron chi connectivity index (χ4n) is 1.51. The fourth-order valence-corrected chi connectivity index (χ4v) is 3.12. The first kappa shape index (κ1) is 15.6. The van der Waals surface area contributed by atoms with Gasteiger partial charge in [0.05, 0.1) is 17.7 Å². The van der Waals surface area contributed by atoms with E-state index in [9.17, 15) is 12.8 Å². The lowest BCUT2D eigenvalue weighted by Gasteiger charge is -2.06. The highest BCUT2D eigenvalue weighted by Gasteiger charge is 2.19. The SMILES string of the molecule is O=S(=O)(NCc1cscn1)c1ccc(C#CCO)cc1F. The van der Waals surface area contributed by atoms with Crippen LogP contribution in [0, 0.1) is 17.7 Å². The predicted molar refractivity (Wildman–Crippen MR) is 76.5 cm³/mol. The van der Waals surface area contributed by atoms with Gasteiger partial charge in [0.15, 0.2) is 0 Å². The normalized spacial score (nSPS) is 11.0. The number of hydrogen-bond acceptors (Lipinski definition) is 5. The number of thiazole rings is 1. The third-order valence-corrected chi connectivity index (χ3v) is 4.53. The summed E-state index contributed by atoms with van der Waals surface area (Å²) < 4.78 is 40.2. The van der Waals surface area contributed by atoms with E-state index in [1.54, 1.807) is 10.9 Å². The molecule has 2 rings (SSSR count). The van der Waals surface area contributed by atoms with E-state index in [1.807, 2.05) is 0 Å². The molecule has 0 unspecified atom stereocenters. The molecule has 0 spiro atoms. The topological polar surface area (TPSA) is 79.3 Å². The Morgan fingerprint density at radius 1 is 1.43 bits per heavy atom. The molecule has 2 N–H and O–H groups in total. The molecule has 110 valence electrons. The number of nitrogens with zero attached hydrogens (tertiary/aromatic N) is 1. The van der Waals surface area contributed by atoms with Crippen molar-refractivity contribution < 1.29 is 17.9 Å². The van der Waals surface area contributed by atoms with E-state index in [2.05, 4.69) is 21.5 Å². The highest BCUT2D eigenvalue weighted by atomic mass is 32.2. The van der Waals surface area contributed by atoms with Gasteiger partial charge in [-0.2, -0.15) is 0 Å². The minimum absolute atomic E-state index is 0.00264. The van der Waals surface area contributed by atoms with Crippen LogP contribution >= 0.6 is 11.3 Å². The Bertz CT molecular complexity index is 777. The zero-order valence-electron chi connectivity index (χ0n) is 10.7. The maximum atomic E-state index is 13.9. The van der Waals surface area contributed by atoms with Crippen molar-refractivity contribution >= 4 is 21.4 Å². The molecule has 0 atom stereocenters. The largest absolute Gasteiger partial charge is 0.384 e. The Morgan fingerprint density at radius 3 is 2.86 bits per heavy atom. The van der Waals surface area contributed by atoms with Crippen molar-refractivity contribution in [2.75, 3.05) is 6.61 Å². The summed E-state index contributed by atoms with van der Waals surface area (Å²) in [6.45, 7) is -0.353. The summed E-state index contributed by atoms with van der Waals surface area (Å²) in [6, 6.07) is 3.53. The Hall–Kier alpha value is -1.79. The van der Waals surface area contributed by atoms with Crippen LogP contribution in [0.4, 0.5) is 4.39 Å². The average molecular weight is 326 g/mol. The summed E-state index contributed by atoms with van der Waals surface area (Å²) in [5.41, 5.74) is 2.44. The van der Waals surface area contributed by atoms with Crippen molar-refractivity contribution in [3.8, 4) is 11.8 Å². The molecule has 0 aliphatic rings. The van der Waals surface area contributed by atoms with Crippen LogP contribution in [0.5, 0.6) is 0 Å². The lowest BCUT2D eigenvalue weighted by Crippen LogP contribution is -2.24. The number of nitrogens with one attached hydrogen (secondary N) is 1. The van der Waals surface area contributed by atoms with Crippen molar-refractivity contribution in [2.45, 2.75) is 11.4 Å². The Balaban J connectivity index is 2.19. The van der Waals surface area contributed by atoms with Gasteiger partial charge in [-0.25, -0.2) is 22.5 Å². The molecule has 0 radical (unpaired) electrons. The number of aliphatic hydroxyl groups excluding tert-OH is 1. The monoisotopic (exact) mass is 326 g/mol. The van der Waals surface area contributed by atoms with Gasteiger partial charge in [-0.15, -0.1) is 11.3 Å². The molecule has 0 aliphatic heterocycles. The van der Waals surface area contributed by atoms with Gasteiger partial charge >= 0.3 is 0 Å². The van der Waals surface area contributed by atoms with E-state index in [1.165, 1.54) is 17.4 Å². The van der Waals surface area contributed by atoms with Gasteiger partial charge < -0.3 is 5.11 Å². The lowest BCUT2D eigenvalue weighted by molar-refractivity contribution is 0.350. The van der Waals surface area contributed by atoms with E-state index in [-0.39, 0.29) is 13.2 Å². The Kier molecular flexibility index (Phi) is 5.03. The van der Waals surface area contributed by atoms with Crippen LogP contribution in [-0.4, -0.2) is 25.1 Å². The molecule has 0 bridgehead atoms. The average Bonchev–Trinajstić information content (AvgIpc) is 2.96. The first-order valence-corrected chi connectivity index (χ1v) is 8.21. The molecular formula is C13H11FN2O3S2. The second-order valence-electron chi connectivity index (χ2n) is 3.91. The molecule has 1 heterocycles. The van der Waals surface area contributed by atoms with Gasteiger partial charge in [0, 0.05) is 10.9 Å². The standard InChI is InChI=1S/C13H11FN2O3S2/c14-12-6-10(2-1-5-17)3-4-13(12)21(18,19)16-7-11-8-20-9-15-11/h3-4,6,8-9,16-17H,5,7H2. The van der Waals surface area contributed by atoms with Crippen molar-refractivity contribution in [3.63, 3.8) is 0 Å². The molecule has 0 saturated heterocycles. The molecule has 8 heteroatoms. The molecule has 1 aromatic heterocycles. The number of sulfonamides is 1. The fraction of sp³-hybridized carbons (Fsp3) is 0.154. The molecule has 1 aromatic carbocycles. The van der Waals surface area contributed by atoms with Crippen LogP contribution < -0.4 is 4.72 Å². The maximum absolute atomic E-state index is 13.9. The summed E-state index contributed by atoms with van der Waals surface area (Å²) in [6.07, 6.45) is 0. The maximum Gasteiger partial charge on any atom is 0.243 e. The highest BCUT2D eigenvalue weighted by molar-refractivity contribution is 7.89. The number of benzene rings is 1. The van der Waals surface area contributed by atoms with E-state index in [0.717, 1.165) is 12.1 Å². The van der Waals surface area contributed by atoms with Crippen LogP contribution in [0.25, 0.3) is 0 Å². The Morgan fingerprint density at radius 2 is 2.24 bits per heavy atom. The van der Waals surface area contributed by atoms with E-state index < -0.39 is 20.7 Å². The number of halogens is 1. The van der Waals surface area contributed by atoms with Gasteiger partial charge in [-0.05, 0) is 18.2 Å². The van der Waals surface area contributed by atoms with Crippen LogP contribution in [0.3, 0.4) is 0 Å². The van der Waals surface area contributed by atoms with E-state index in [4.69, 9.17) is 5.11 Å². The van der Waals surface area contributed by atoms with E-state index >= 15 is 0 Å². The van der Waals surface area contributed by atoms with Crippen LogP contribution in [0.1, 0.15) is 11.3 Å². The van der Waals surface area contributed by atoms with Gasteiger partial charge in [0.2, 0.25) is 10.0 Å². The van der Waals surface area contributed by atoms with Crippen molar-refractivity contribution in [1.29, 1.82) is 0 Å². The summed E-state index contributed by atoms with van der Waals surface area (Å²) in [7, 11) is -3.96. The third kappa shape index (κ3) is 4.09. The zero-order valence-corrected chi connectivity index (χ0v) is 12.3. The van der Waals surface area contributed by atoms with Gasteiger partial charge in [0.25, 0.3) is 0 Å². The first-order valence-electron chi connectivity index (χ1n) is 5.79. The van der Waals surface area contributed by atoms with E-state index in [0.29, 0.717) is 11.3 Å². The predicted octanol–water partition coefficient (Wildman–Crippen LogP) is 1.10. The summed E-state index contributed by atoms with van der Waals surface area (Å²) in [5, 5.41) is 10.3. The molecule has 0 aliphatic carbocycles. The lowest BCUT2D eigenvalue weighted by atomic mass is 10.2. The molecule has 5 nitrogen and oxygen atoms in total. The molecule has 0 fully saturated rings. The highest BCUT2D eigenvalue weighted by Crippen LogP contribution is 2.16. The molecular weight excluding hydrogens is 315 g/mol. The van der Waals surface area contributed by atoms with Gasteiger partial charge in [0.1, 0.15) is 17.3 Å². The summed E-state index contributed by atoms with van der Waals surface area (Å²) >= 11 is 1.34. The Labute approximate surface area is 125 Å².